The minimum atomic E-state index is -1.15. The van der Waals surface area contributed by atoms with Gasteiger partial charge in [0.05, 0.1) is 39.6 Å². The molecule has 0 spiro atoms. The first-order valence-corrected chi connectivity index (χ1v) is 14.7. The van der Waals surface area contributed by atoms with Gasteiger partial charge in [-0.15, -0.1) is 0 Å². The van der Waals surface area contributed by atoms with E-state index in [0.29, 0.717) is 16.9 Å². The number of aromatic hydroxyl groups is 2. The minimum absolute atomic E-state index is 0.0570. The number of carbonyl (C=O) groups excluding carboxylic acids is 1. The number of likely N-dealkylation sites (N-methyl/N-ethyl adjacent to an activating group) is 1. The maximum Gasteiger partial charge on any atom is 0.354 e. The van der Waals surface area contributed by atoms with Gasteiger partial charge in [-0.1, -0.05) is 26.5 Å². The van der Waals surface area contributed by atoms with E-state index in [1.54, 1.807) is 36.0 Å². The van der Waals surface area contributed by atoms with Crippen LogP contribution in [-0.4, -0.2) is 74.3 Å². The Bertz CT molecular complexity index is 1940. The van der Waals surface area contributed by atoms with Gasteiger partial charge < -0.3 is 24.9 Å². The summed E-state index contributed by atoms with van der Waals surface area (Å²) >= 11 is 0. The number of amides is 1. The number of carbonyl (C=O) groups is 1. The van der Waals surface area contributed by atoms with Gasteiger partial charge in [0.2, 0.25) is 5.91 Å². The van der Waals surface area contributed by atoms with Crippen LogP contribution in [0.5, 0.6) is 11.5 Å². The van der Waals surface area contributed by atoms with Crippen LogP contribution in [0, 0.1) is 18.6 Å². The van der Waals surface area contributed by atoms with E-state index in [2.05, 4.69) is 16.5 Å². The van der Waals surface area contributed by atoms with Crippen LogP contribution in [0.2, 0.25) is 0 Å². The highest BCUT2D eigenvalue weighted by Crippen LogP contribution is 2.49. The molecule has 1 fully saturated rings. The fourth-order valence-corrected chi connectivity index (χ4v) is 6.85. The van der Waals surface area contributed by atoms with Crippen LogP contribution >= 0.6 is 0 Å². The number of aryl methyl sites for hydroxylation is 1. The van der Waals surface area contributed by atoms with Crippen LogP contribution in [0.1, 0.15) is 37.9 Å². The highest BCUT2D eigenvalue weighted by molar-refractivity contribution is 6.06. The summed E-state index contributed by atoms with van der Waals surface area (Å²) in [7, 11) is 1.64. The number of fused-ring (bicyclic) bond motifs is 2. The number of halogens is 2. The topological polar surface area (TPSA) is 115 Å². The molecule has 2 atom stereocenters. The summed E-state index contributed by atoms with van der Waals surface area (Å²) in [5.74, 6) is -3.61. The number of pyridine rings is 1. The molecule has 6 rings (SSSR count). The van der Waals surface area contributed by atoms with Gasteiger partial charge in [-0.2, -0.15) is 4.98 Å². The van der Waals surface area contributed by atoms with E-state index < -0.39 is 46.0 Å². The van der Waals surface area contributed by atoms with Crippen molar-refractivity contribution in [3.05, 3.63) is 76.5 Å². The Kier molecular flexibility index (Phi) is 7.25. The SMILES string of the molecule is C=CC(=O)N1CC(C)N2c3nc(=O)n(-c4c(C)ccnc4C(C)C)c4c(F)c(-c5c(O)cccc5O)c(F)c(c34)N(C)CC2C1. The number of phenolic OH excluding ortho intramolecular Hbond substituents is 2. The monoisotopic (exact) mass is 616 g/mol. The molecule has 2 N–H and O–H groups in total. The predicted molar refractivity (Wildman–Crippen MR) is 168 cm³/mol. The molecular weight excluding hydrogens is 582 g/mol. The van der Waals surface area contributed by atoms with Crippen molar-refractivity contribution in [3.8, 4) is 28.3 Å². The van der Waals surface area contributed by atoms with Crippen LogP contribution in [-0.2, 0) is 4.79 Å². The smallest absolute Gasteiger partial charge is 0.354 e. The number of phenols is 2. The minimum Gasteiger partial charge on any atom is -0.507 e. The van der Waals surface area contributed by atoms with E-state index in [4.69, 9.17) is 0 Å². The van der Waals surface area contributed by atoms with Crippen molar-refractivity contribution in [2.24, 2.45) is 0 Å². The lowest BCUT2D eigenvalue weighted by atomic mass is 9.97. The lowest BCUT2D eigenvalue weighted by Gasteiger charge is -2.46. The molecule has 10 nitrogen and oxygen atoms in total. The van der Waals surface area contributed by atoms with Crippen molar-refractivity contribution in [2.75, 3.05) is 36.5 Å². The molecule has 0 radical (unpaired) electrons. The number of rotatable bonds is 4. The van der Waals surface area contributed by atoms with Crippen molar-refractivity contribution in [2.45, 2.75) is 45.7 Å². The summed E-state index contributed by atoms with van der Waals surface area (Å²) in [6.45, 7) is 11.7. The highest BCUT2D eigenvalue weighted by Gasteiger charge is 2.42. The molecule has 2 aromatic carbocycles. The normalized spacial score (nSPS) is 17.9. The summed E-state index contributed by atoms with van der Waals surface area (Å²) in [5, 5.41) is 21.6. The largest absolute Gasteiger partial charge is 0.507 e. The number of hydrogen-bond donors (Lipinski definition) is 2. The summed E-state index contributed by atoms with van der Waals surface area (Å²) in [4.78, 5) is 41.0. The number of nitrogens with zero attached hydrogens (tertiary/aromatic N) is 6. The van der Waals surface area contributed by atoms with Gasteiger partial charge in [-0.3, -0.25) is 14.3 Å². The van der Waals surface area contributed by atoms with Crippen molar-refractivity contribution < 1.29 is 23.8 Å². The van der Waals surface area contributed by atoms with Crippen molar-refractivity contribution in [1.29, 1.82) is 0 Å². The maximum absolute atomic E-state index is 17.3. The van der Waals surface area contributed by atoms with Crippen LogP contribution in [0.3, 0.4) is 0 Å². The summed E-state index contributed by atoms with van der Waals surface area (Å²) in [5.41, 5.74) is -0.808. The quantitative estimate of drug-likeness (QED) is 0.320. The average molecular weight is 617 g/mol. The van der Waals surface area contributed by atoms with E-state index in [1.807, 2.05) is 25.7 Å². The Morgan fingerprint density at radius 2 is 1.76 bits per heavy atom. The summed E-state index contributed by atoms with van der Waals surface area (Å²) < 4.78 is 35.4. The predicted octanol–water partition coefficient (Wildman–Crippen LogP) is 4.61. The lowest BCUT2D eigenvalue weighted by Crippen LogP contribution is -2.61. The molecule has 2 unspecified atom stereocenters. The van der Waals surface area contributed by atoms with Gasteiger partial charge in [0.15, 0.2) is 11.6 Å². The number of aromatic nitrogens is 3. The van der Waals surface area contributed by atoms with E-state index in [1.165, 1.54) is 24.3 Å². The van der Waals surface area contributed by atoms with Crippen LogP contribution < -0.4 is 15.5 Å². The Balaban J connectivity index is 1.81. The molecule has 2 aromatic heterocycles. The van der Waals surface area contributed by atoms with Gasteiger partial charge in [0, 0.05) is 38.9 Å². The number of piperazine rings is 1. The van der Waals surface area contributed by atoms with Gasteiger partial charge in [0.25, 0.3) is 0 Å². The molecule has 1 saturated heterocycles. The fraction of sp³-hybridized carbons (Fsp3) is 0.333. The van der Waals surface area contributed by atoms with E-state index >= 15 is 8.78 Å². The highest BCUT2D eigenvalue weighted by atomic mass is 19.1. The molecule has 2 aliphatic rings. The fourth-order valence-electron chi connectivity index (χ4n) is 6.85. The van der Waals surface area contributed by atoms with Gasteiger partial charge in [-0.05, 0) is 49.6 Å². The second kappa shape index (κ2) is 10.9. The number of benzene rings is 2. The maximum atomic E-state index is 17.3. The second-order valence-corrected chi connectivity index (χ2v) is 12.1. The van der Waals surface area contributed by atoms with E-state index in [9.17, 15) is 19.8 Å². The zero-order valence-electron chi connectivity index (χ0n) is 25.7. The average Bonchev–Trinajstić information content (AvgIpc) is 3.10. The Morgan fingerprint density at radius 3 is 2.40 bits per heavy atom. The third-order valence-electron chi connectivity index (χ3n) is 8.74. The number of anilines is 2. The van der Waals surface area contributed by atoms with Crippen LogP contribution in [0.25, 0.3) is 27.7 Å². The second-order valence-electron chi connectivity index (χ2n) is 12.1. The third-order valence-corrected chi connectivity index (χ3v) is 8.74. The summed E-state index contributed by atoms with van der Waals surface area (Å²) in [6, 6.07) is 4.67. The van der Waals surface area contributed by atoms with Crippen molar-refractivity contribution >= 4 is 28.3 Å². The Labute approximate surface area is 258 Å². The molecule has 0 saturated carbocycles. The van der Waals surface area contributed by atoms with Gasteiger partial charge in [0.1, 0.15) is 22.8 Å². The van der Waals surface area contributed by atoms with Gasteiger partial charge >= 0.3 is 5.69 Å². The molecule has 12 heteroatoms. The molecule has 4 aromatic rings. The Hall–Kier alpha value is -5.00. The molecule has 45 heavy (non-hydrogen) atoms. The van der Waals surface area contributed by atoms with Crippen molar-refractivity contribution in [1.82, 2.24) is 19.4 Å². The molecule has 1 amide bonds. The number of hydrogen-bond acceptors (Lipinski definition) is 8. The van der Waals surface area contributed by atoms with Crippen LogP contribution in [0.4, 0.5) is 20.3 Å². The molecule has 4 heterocycles. The van der Waals surface area contributed by atoms with Gasteiger partial charge in [-0.25, -0.2) is 13.6 Å². The lowest BCUT2D eigenvalue weighted by molar-refractivity contribution is -0.127. The summed E-state index contributed by atoms with van der Waals surface area (Å²) in [6.07, 6.45) is 2.84. The third kappa shape index (κ3) is 4.49. The molecule has 0 bridgehead atoms. The zero-order chi connectivity index (χ0) is 32.5. The first-order chi connectivity index (χ1) is 21.4. The standard InChI is InChI=1S/C33H34F2N6O4/c1-7-22(44)39-13-18(5)40-19(15-39)14-38(6)30-25-31(27(35)24(26(30)34)23-20(42)9-8-10-21(23)43)41(33(45)37-32(25)40)29-17(4)11-12-36-28(29)16(2)3/h7-12,16,18-19,42-43H,1,13-15H2,2-6H3. The van der Waals surface area contributed by atoms with Crippen molar-refractivity contribution in [3.63, 3.8) is 0 Å². The zero-order valence-corrected chi connectivity index (χ0v) is 25.7. The van der Waals surface area contributed by atoms with Crippen LogP contribution in [0.15, 0.2) is 47.9 Å². The molecule has 234 valence electrons. The molecule has 2 aliphatic heterocycles. The Morgan fingerprint density at radius 1 is 1.07 bits per heavy atom. The molecular formula is C33H34F2N6O4. The molecule has 0 aliphatic carbocycles. The van der Waals surface area contributed by atoms with E-state index in [0.717, 1.165) is 4.57 Å². The van der Waals surface area contributed by atoms with E-state index in [-0.39, 0.29) is 59.9 Å². The first-order valence-electron chi connectivity index (χ1n) is 14.7. The first kappa shape index (κ1) is 30.0.